The van der Waals surface area contributed by atoms with Gasteiger partial charge in [-0.15, -0.1) is 0 Å². The number of methoxy groups -OCH3 is 1. The van der Waals surface area contributed by atoms with Crippen LogP contribution in [-0.2, 0) is 6.54 Å². The van der Waals surface area contributed by atoms with Crippen molar-refractivity contribution in [1.82, 2.24) is 9.78 Å². The van der Waals surface area contributed by atoms with E-state index in [0.29, 0.717) is 19.0 Å². The third-order valence-electron chi connectivity index (χ3n) is 2.45. The van der Waals surface area contributed by atoms with Gasteiger partial charge in [-0.2, -0.15) is 5.10 Å². The largest absolute Gasteiger partial charge is 0.496 e. The summed E-state index contributed by atoms with van der Waals surface area (Å²) in [6.07, 6.45) is 1.82. The van der Waals surface area contributed by atoms with Crippen molar-refractivity contribution in [2.75, 3.05) is 19.5 Å². The molecule has 0 saturated heterocycles. The molecule has 0 unspecified atom stereocenters. The van der Waals surface area contributed by atoms with E-state index < -0.39 is 0 Å². The zero-order chi connectivity index (χ0) is 13.8. The SMILES string of the molecule is COc1cc(Br)c(OCCn2ccc(N)n2)cc1Br. The Morgan fingerprint density at radius 1 is 1.26 bits per heavy atom. The van der Waals surface area contributed by atoms with Gasteiger partial charge in [-0.3, -0.25) is 4.68 Å². The highest BCUT2D eigenvalue weighted by atomic mass is 79.9. The number of anilines is 1. The van der Waals surface area contributed by atoms with Crippen molar-refractivity contribution in [2.24, 2.45) is 0 Å². The van der Waals surface area contributed by atoms with Crippen LogP contribution in [0.5, 0.6) is 11.5 Å². The summed E-state index contributed by atoms with van der Waals surface area (Å²) in [4.78, 5) is 0. The Labute approximate surface area is 127 Å². The fraction of sp³-hybridized carbons (Fsp3) is 0.250. The Morgan fingerprint density at radius 2 is 1.95 bits per heavy atom. The Morgan fingerprint density at radius 3 is 2.58 bits per heavy atom. The second-order valence-corrected chi connectivity index (χ2v) is 5.48. The van der Waals surface area contributed by atoms with Crippen LogP contribution in [0.4, 0.5) is 5.82 Å². The predicted octanol–water partition coefficient (Wildman–Crippen LogP) is 3.08. The highest BCUT2D eigenvalue weighted by Crippen LogP contribution is 2.35. The predicted molar refractivity (Wildman–Crippen MR) is 80.5 cm³/mol. The van der Waals surface area contributed by atoms with Crippen molar-refractivity contribution in [3.63, 3.8) is 0 Å². The number of hydrogen-bond donors (Lipinski definition) is 1. The summed E-state index contributed by atoms with van der Waals surface area (Å²) >= 11 is 6.87. The minimum atomic E-state index is 0.499. The van der Waals surface area contributed by atoms with Crippen LogP contribution in [0.25, 0.3) is 0 Å². The first-order chi connectivity index (χ1) is 9.10. The van der Waals surface area contributed by atoms with E-state index in [0.717, 1.165) is 20.4 Å². The van der Waals surface area contributed by atoms with Crippen LogP contribution in [0.1, 0.15) is 0 Å². The number of nitrogens with two attached hydrogens (primary N) is 1. The summed E-state index contributed by atoms with van der Waals surface area (Å²) in [6, 6.07) is 5.46. The number of aromatic nitrogens is 2. The van der Waals surface area contributed by atoms with Crippen LogP contribution >= 0.6 is 31.9 Å². The first-order valence-corrected chi connectivity index (χ1v) is 7.13. The number of ether oxygens (including phenoxy) is 2. The monoisotopic (exact) mass is 389 g/mol. The van der Waals surface area contributed by atoms with Crippen molar-refractivity contribution >= 4 is 37.7 Å². The summed E-state index contributed by atoms with van der Waals surface area (Å²) in [6.45, 7) is 1.13. The van der Waals surface area contributed by atoms with Crippen LogP contribution in [-0.4, -0.2) is 23.5 Å². The molecule has 0 amide bonds. The molecule has 102 valence electrons. The van der Waals surface area contributed by atoms with E-state index in [1.807, 2.05) is 18.3 Å². The smallest absolute Gasteiger partial charge is 0.145 e. The zero-order valence-corrected chi connectivity index (χ0v) is 13.4. The fourth-order valence-electron chi connectivity index (χ4n) is 1.53. The third-order valence-corrected chi connectivity index (χ3v) is 3.68. The van der Waals surface area contributed by atoms with E-state index in [1.54, 1.807) is 17.9 Å². The van der Waals surface area contributed by atoms with Crippen molar-refractivity contribution in [2.45, 2.75) is 6.54 Å². The molecular weight excluding hydrogens is 378 g/mol. The van der Waals surface area contributed by atoms with Crippen LogP contribution in [0.3, 0.4) is 0 Å². The topological polar surface area (TPSA) is 62.3 Å². The van der Waals surface area contributed by atoms with Crippen LogP contribution in [0, 0.1) is 0 Å². The third kappa shape index (κ3) is 3.63. The molecule has 19 heavy (non-hydrogen) atoms. The molecule has 2 rings (SSSR count). The molecule has 0 fully saturated rings. The van der Waals surface area contributed by atoms with Gasteiger partial charge in [0.1, 0.15) is 23.9 Å². The quantitative estimate of drug-likeness (QED) is 0.852. The maximum atomic E-state index is 5.70. The zero-order valence-electron chi connectivity index (χ0n) is 10.3. The van der Waals surface area contributed by atoms with Crippen LogP contribution in [0.15, 0.2) is 33.3 Å². The Balaban J connectivity index is 1.98. The first kappa shape index (κ1) is 14.2. The molecule has 0 atom stereocenters. The maximum Gasteiger partial charge on any atom is 0.145 e. The minimum Gasteiger partial charge on any atom is -0.496 e. The molecule has 0 aliphatic heterocycles. The fourth-order valence-corrected chi connectivity index (χ4v) is 2.45. The van der Waals surface area contributed by atoms with E-state index in [-0.39, 0.29) is 0 Å². The first-order valence-electron chi connectivity index (χ1n) is 5.55. The highest BCUT2D eigenvalue weighted by Gasteiger charge is 2.08. The number of benzene rings is 1. The molecule has 1 aromatic heterocycles. The number of rotatable bonds is 5. The molecule has 1 heterocycles. The van der Waals surface area contributed by atoms with Gasteiger partial charge in [0, 0.05) is 6.20 Å². The minimum absolute atomic E-state index is 0.499. The molecule has 0 radical (unpaired) electrons. The van der Waals surface area contributed by atoms with Gasteiger partial charge in [-0.1, -0.05) is 0 Å². The molecule has 0 aliphatic rings. The molecular formula is C12H13Br2N3O2. The number of nitrogen functional groups attached to an aromatic ring is 1. The van der Waals surface area contributed by atoms with Crippen LogP contribution in [0.2, 0.25) is 0 Å². The van der Waals surface area contributed by atoms with E-state index in [2.05, 4.69) is 37.0 Å². The molecule has 7 heteroatoms. The summed E-state index contributed by atoms with van der Waals surface area (Å²) in [5.41, 5.74) is 5.54. The van der Waals surface area contributed by atoms with Gasteiger partial charge >= 0.3 is 0 Å². The van der Waals surface area contributed by atoms with E-state index >= 15 is 0 Å². The van der Waals surface area contributed by atoms with E-state index in [4.69, 9.17) is 15.2 Å². The number of halogens is 2. The van der Waals surface area contributed by atoms with Crippen molar-refractivity contribution in [3.8, 4) is 11.5 Å². The number of nitrogens with zero attached hydrogens (tertiary/aromatic N) is 2. The highest BCUT2D eigenvalue weighted by molar-refractivity contribution is 9.11. The average Bonchev–Trinajstić information content (AvgIpc) is 2.79. The van der Waals surface area contributed by atoms with Gasteiger partial charge < -0.3 is 15.2 Å². The summed E-state index contributed by atoms with van der Waals surface area (Å²) < 4.78 is 14.3. The summed E-state index contributed by atoms with van der Waals surface area (Å²) in [5.74, 6) is 2.00. The molecule has 1 aromatic carbocycles. The van der Waals surface area contributed by atoms with Crippen molar-refractivity contribution in [1.29, 1.82) is 0 Å². The van der Waals surface area contributed by atoms with Gasteiger partial charge in [0.2, 0.25) is 0 Å². The Hall–Kier alpha value is -1.21. The van der Waals surface area contributed by atoms with Crippen molar-refractivity contribution < 1.29 is 9.47 Å². The lowest BCUT2D eigenvalue weighted by Crippen LogP contribution is -2.09. The van der Waals surface area contributed by atoms with Gasteiger partial charge in [0.05, 0.1) is 22.6 Å². The lowest BCUT2D eigenvalue weighted by Gasteiger charge is -2.11. The molecule has 2 N–H and O–H groups in total. The molecule has 0 bridgehead atoms. The normalized spacial score (nSPS) is 10.5. The lowest BCUT2D eigenvalue weighted by atomic mass is 10.3. The molecule has 0 aliphatic carbocycles. The lowest BCUT2D eigenvalue weighted by molar-refractivity contribution is 0.289. The summed E-state index contributed by atoms with van der Waals surface area (Å²) in [7, 11) is 1.62. The second-order valence-electron chi connectivity index (χ2n) is 3.77. The molecule has 0 saturated carbocycles. The van der Waals surface area contributed by atoms with Gasteiger partial charge in [-0.05, 0) is 50.1 Å². The Kier molecular flexibility index (Phi) is 4.71. The second kappa shape index (κ2) is 6.29. The standard InChI is InChI=1S/C12H13Br2N3O2/c1-18-10-6-9(14)11(7-8(10)13)19-5-4-17-3-2-12(15)16-17/h2-3,6-7H,4-5H2,1H3,(H2,15,16). The number of hydrogen-bond acceptors (Lipinski definition) is 4. The maximum absolute atomic E-state index is 5.70. The molecule has 0 spiro atoms. The average molecular weight is 391 g/mol. The molecule has 2 aromatic rings. The van der Waals surface area contributed by atoms with Crippen molar-refractivity contribution in [3.05, 3.63) is 33.3 Å². The van der Waals surface area contributed by atoms with Gasteiger partial charge in [0.15, 0.2) is 0 Å². The van der Waals surface area contributed by atoms with E-state index in [1.165, 1.54) is 0 Å². The van der Waals surface area contributed by atoms with Gasteiger partial charge in [-0.25, -0.2) is 0 Å². The van der Waals surface area contributed by atoms with Gasteiger partial charge in [0.25, 0.3) is 0 Å². The van der Waals surface area contributed by atoms with Crippen LogP contribution < -0.4 is 15.2 Å². The Bertz CT molecular complexity index is 572. The van der Waals surface area contributed by atoms with E-state index in [9.17, 15) is 0 Å². The molecule has 5 nitrogen and oxygen atoms in total. The summed E-state index contributed by atoms with van der Waals surface area (Å²) in [5, 5.41) is 4.08.